The maximum Gasteiger partial charge on any atom is 0.322 e. The quantitative estimate of drug-likeness (QED) is 0.572. The maximum atomic E-state index is 11.9. The highest BCUT2D eigenvalue weighted by Gasteiger charge is 2.43. The van der Waals surface area contributed by atoms with Crippen molar-refractivity contribution in [3.63, 3.8) is 0 Å². The predicted octanol–water partition coefficient (Wildman–Crippen LogP) is 0.747. The number of urea groups is 1. The van der Waals surface area contributed by atoms with Crippen LogP contribution in [0.3, 0.4) is 0 Å². The summed E-state index contributed by atoms with van der Waals surface area (Å²) in [7, 11) is 0. The number of amides is 4. The minimum atomic E-state index is -1.05. The number of imide groups is 1. The van der Waals surface area contributed by atoms with Gasteiger partial charge in [-0.15, -0.1) is 0 Å². The molecule has 134 valence electrons. The van der Waals surface area contributed by atoms with Crippen molar-refractivity contribution < 1.29 is 14.4 Å². The summed E-state index contributed by atoms with van der Waals surface area (Å²) in [5.74, 6) is 0.309. The molecular formula is C18H24N4O3. The second kappa shape index (κ2) is 7.23. The van der Waals surface area contributed by atoms with E-state index in [2.05, 4.69) is 21.3 Å². The average molecular weight is 344 g/mol. The van der Waals surface area contributed by atoms with Gasteiger partial charge < -0.3 is 16.0 Å². The fourth-order valence-corrected chi connectivity index (χ4v) is 3.29. The van der Waals surface area contributed by atoms with Crippen LogP contribution in [0.1, 0.15) is 37.3 Å². The van der Waals surface area contributed by atoms with Crippen LogP contribution in [0.25, 0.3) is 0 Å². The lowest BCUT2D eigenvalue weighted by Crippen LogP contribution is -2.40. The van der Waals surface area contributed by atoms with E-state index in [9.17, 15) is 14.4 Å². The number of nitrogens with one attached hydrogen (secondary N) is 4. The monoisotopic (exact) mass is 344 g/mol. The van der Waals surface area contributed by atoms with Crippen LogP contribution < -0.4 is 21.3 Å². The Kier molecular flexibility index (Phi) is 5.03. The Hall–Kier alpha value is -2.41. The standard InChI is InChI=1S/C18H24N4O3/c1-18(16(24)21-17(25)22-18)14-5-2-12(3-6-14)11-20-15(23)7-4-13-8-9-19-10-13/h2-3,5-6,13,19H,4,7-11H2,1H3,(H,20,23)(H2,21,22,24,25). The Morgan fingerprint density at radius 3 is 2.64 bits per heavy atom. The lowest BCUT2D eigenvalue weighted by molar-refractivity contribution is -0.123. The SMILES string of the molecule is CC1(c2ccc(CNC(=O)CCC3CCNC3)cc2)NC(=O)NC1=O. The largest absolute Gasteiger partial charge is 0.352 e. The molecule has 7 nitrogen and oxygen atoms in total. The zero-order chi connectivity index (χ0) is 17.9. The highest BCUT2D eigenvalue weighted by Crippen LogP contribution is 2.24. The van der Waals surface area contributed by atoms with Gasteiger partial charge in [0.1, 0.15) is 5.54 Å². The molecule has 2 aliphatic heterocycles. The first kappa shape index (κ1) is 17.4. The molecule has 0 saturated carbocycles. The van der Waals surface area contributed by atoms with E-state index in [-0.39, 0.29) is 11.8 Å². The fourth-order valence-electron chi connectivity index (χ4n) is 3.29. The lowest BCUT2D eigenvalue weighted by atomic mass is 9.91. The van der Waals surface area contributed by atoms with Crippen molar-refractivity contribution in [2.24, 2.45) is 5.92 Å². The van der Waals surface area contributed by atoms with Crippen LogP contribution in [-0.4, -0.2) is 30.9 Å². The van der Waals surface area contributed by atoms with E-state index >= 15 is 0 Å². The summed E-state index contributed by atoms with van der Waals surface area (Å²) in [6, 6.07) is 6.84. The first-order valence-electron chi connectivity index (χ1n) is 8.68. The van der Waals surface area contributed by atoms with Crippen LogP contribution >= 0.6 is 0 Å². The third kappa shape index (κ3) is 3.99. The van der Waals surface area contributed by atoms with Crippen LogP contribution in [0.2, 0.25) is 0 Å². The van der Waals surface area contributed by atoms with Crippen molar-refractivity contribution in [3.8, 4) is 0 Å². The van der Waals surface area contributed by atoms with Gasteiger partial charge in [-0.05, 0) is 49.9 Å². The molecule has 2 unspecified atom stereocenters. The third-order valence-corrected chi connectivity index (χ3v) is 5.01. The molecule has 2 heterocycles. The molecule has 1 aromatic rings. The number of benzene rings is 1. The second-order valence-electron chi connectivity index (χ2n) is 6.90. The molecule has 2 atom stereocenters. The normalized spacial score (nSPS) is 25.6. The van der Waals surface area contributed by atoms with E-state index in [0.717, 1.165) is 31.5 Å². The van der Waals surface area contributed by atoms with E-state index in [1.165, 1.54) is 0 Å². The molecule has 4 N–H and O–H groups in total. The summed E-state index contributed by atoms with van der Waals surface area (Å²) in [6.07, 6.45) is 2.62. The molecule has 1 aromatic carbocycles. The Morgan fingerprint density at radius 2 is 2.04 bits per heavy atom. The predicted molar refractivity (Wildman–Crippen MR) is 92.5 cm³/mol. The van der Waals surface area contributed by atoms with Gasteiger partial charge in [0.25, 0.3) is 5.91 Å². The average Bonchev–Trinajstić information content (AvgIpc) is 3.20. The molecule has 25 heavy (non-hydrogen) atoms. The molecule has 0 aliphatic carbocycles. The van der Waals surface area contributed by atoms with Gasteiger partial charge in [-0.2, -0.15) is 0 Å². The Balaban J connectivity index is 1.50. The van der Waals surface area contributed by atoms with E-state index in [0.29, 0.717) is 24.4 Å². The van der Waals surface area contributed by atoms with Crippen molar-refractivity contribution in [2.45, 2.75) is 38.3 Å². The number of hydrogen-bond acceptors (Lipinski definition) is 4. The van der Waals surface area contributed by atoms with Crippen LogP contribution in [0.5, 0.6) is 0 Å². The molecule has 4 amide bonds. The second-order valence-corrected chi connectivity index (χ2v) is 6.90. The number of hydrogen-bond donors (Lipinski definition) is 4. The zero-order valence-corrected chi connectivity index (χ0v) is 14.4. The Morgan fingerprint density at radius 1 is 1.28 bits per heavy atom. The Bertz CT molecular complexity index is 667. The molecule has 2 aliphatic rings. The van der Waals surface area contributed by atoms with Gasteiger partial charge in [-0.25, -0.2) is 4.79 Å². The highest BCUT2D eigenvalue weighted by molar-refractivity contribution is 6.07. The van der Waals surface area contributed by atoms with Gasteiger partial charge in [-0.3, -0.25) is 14.9 Å². The molecule has 0 bridgehead atoms. The van der Waals surface area contributed by atoms with Gasteiger partial charge in [-0.1, -0.05) is 24.3 Å². The first-order valence-corrected chi connectivity index (χ1v) is 8.68. The van der Waals surface area contributed by atoms with E-state index in [1.807, 2.05) is 12.1 Å². The summed E-state index contributed by atoms with van der Waals surface area (Å²) < 4.78 is 0. The van der Waals surface area contributed by atoms with Crippen molar-refractivity contribution in [3.05, 3.63) is 35.4 Å². The molecule has 3 rings (SSSR count). The van der Waals surface area contributed by atoms with Crippen LogP contribution in [0, 0.1) is 5.92 Å². The van der Waals surface area contributed by atoms with Gasteiger partial charge >= 0.3 is 6.03 Å². The van der Waals surface area contributed by atoms with Crippen LogP contribution in [0.15, 0.2) is 24.3 Å². The zero-order valence-electron chi connectivity index (χ0n) is 14.4. The molecular weight excluding hydrogens is 320 g/mol. The molecule has 0 aromatic heterocycles. The summed E-state index contributed by atoms with van der Waals surface area (Å²) in [5.41, 5.74) is 0.612. The van der Waals surface area contributed by atoms with E-state index in [1.54, 1.807) is 19.1 Å². The van der Waals surface area contributed by atoms with Gasteiger partial charge in [0, 0.05) is 13.0 Å². The van der Waals surface area contributed by atoms with Gasteiger partial charge in [0.15, 0.2) is 0 Å². The van der Waals surface area contributed by atoms with Crippen molar-refractivity contribution in [1.82, 2.24) is 21.3 Å². The first-order chi connectivity index (χ1) is 12.0. The summed E-state index contributed by atoms with van der Waals surface area (Å²) in [4.78, 5) is 35.2. The molecule has 7 heteroatoms. The van der Waals surface area contributed by atoms with Crippen molar-refractivity contribution >= 4 is 17.8 Å². The number of carbonyl (C=O) groups is 3. The smallest absolute Gasteiger partial charge is 0.322 e. The summed E-state index contributed by atoms with van der Waals surface area (Å²) in [6.45, 7) is 4.19. The van der Waals surface area contributed by atoms with E-state index in [4.69, 9.17) is 0 Å². The summed E-state index contributed by atoms with van der Waals surface area (Å²) in [5, 5.41) is 11.1. The fraction of sp³-hybridized carbons (Fsp3) is 0.500. The minimum absolute atomic E-state index is 0.0605. The van der Waals surface area contributed by atoms with Gasteiger partial charge in [0.05, 0.1) is 0 Å². The Labute approximate surface area is 146 Å². The van der Waals surface area contributed by atoms with Crippen molar-refractivity contribution in [1.29, 1.82) is 0 Å². The van der Waals surface area contributed by atoms with Crippen LogP contribution in [0.4, 0.5) is 4.79 Å². The minimum Gasteiger partial charge on any atom is -0.352 e. The highest BCUT2D eigenvalue weighted by atomic mass is 16.2. The van der Waals surface area contributed by atoms with Gasteiger partial charge in [0.2, 0.25) is 5.91 Å². The van der Waals surface area contributed by atoms with Crippen LogP contribution in [-0.2, 0) is 21.7 Å². The number of carbonyl (C=O) groups excluding carboxylic acids is 3. The number of rotatable bonds is 6. The molecule has 0 radical (unpaired) electrons. The molecule has 0 spiro atoms. The third-order valence-electron chi connectivity index (χ3n) is 5.01. The van der Waals surface area contributed by atoms with Crippen molar-refractivity contribution in [2.75, 3.05) is 13.1 Å². The summed E-state index contributed by atoms with van der Waals surface area (Å²) >= 11 is 0. The maximum absolute atomic E-state index is 11.9. The lowest BCUT2D eigenvalue weighted by Gasteiger charge is -2.21. The molecule has 2 fully saturated rings. The molecule has 2 saturated heterocycles. The van der Waals surface area contributed by atoms with E-state index < -0.39 is 11.6 Å². The topological polar surface area (TPSA) is 99.3 Å².